The number of amides is 1. The molecular weight excluding hydrogens is 280 g/mol. The number of hydrogen-bond acceptors (Lipinski definition) is 4. The molecule has 0 atom stereocenters. The van der Waals surface area contributed by atoms with E-state index in [0.29, 0.717) is 23.7 Å². The first-order valence-corrected chi connectivity index (χ1v) is 7.01. The Bertz CT molecular complexity index is 639. The van der Waals surface area contributed by atoms with Gasteiger partial charge in [-0.1, -0.05) is 17.7 Å². The molecule has 0 aliphatic heterocycles. The van der Waals surface area contributed by atoms with E-state index in [1.807, 2.05) is 31.2 Å². The molecule has 0 saturated carbocycles. The molecular formula is C17H20N2O3. The molecule has 22 heavy (non-hydrogen) atoms. The van der Waals surface area contributed by atoms with Crippen LogP contribution in [0.2, 0.25) is 0 Å². The van der Waals surface area contributed by atoms with Crippen molar-refractivity contribution in [1.29, 1.82) is 0 Å². The van der Waals surface area contributed by atoms with Gasteiger partial charge < -0.3 is 20.5 Å². The Labute approximate surface area is 130 Å². The summed E-state index contributed by atoms with van der Waals surface area (Å²) in [6.45, 7) is 2.32. The van der Waals surface area contributed by atoms with E-state index in [1.54, 1.807) is 25.3 Å². The quantitative estimate of drug-likeness (QED) is 0.804. The van der Waals surface area contributed by atoms with Gasteiger partial charge >= 0.3 is 0 Å². The van der Waals surface area contributed by atoms with E-state index < -0.39 is 0 Å². The van der Waals surface area contributed by atoms with Crippen molar-refractivity contribution >= 4 is 17.3 Å². The summed E-state index contributed by atoms with van der Waals surface area (Å²) in [6, 6.07) is 12.8. The van der Waals surface area contributed by atoms with Crippen molar-refractivity contribution in [1.82, 2.24) is 0 Å². The smallest absolute Gasteiger partial charge is 0.227 e. The largest absolute Gasteiger partial charge is 0.497 e. The van der Waals surface area contributed by atoms with Gasteiger partial charge in [-0.15, -0.1) is 0 Å². The topological polar surface area (TPSA) is 73.6 Å². The molecule has 0 saturated heterocycles. The number of nitrogens with one attached hydrogen (secondary N) is 1. The number of nitrogen functional groups attached to an aromatic ring is 1. The maximum absolute atomic E-state index is 11.9. The van der Waals surface area contributed by atoms with Crippen molar-refractivity contribution in [2.75, 3.05) is 24.8 Å². The zero-order valence-corrected chi connectivity index (χ0v) is 12.8. The zero-order chi connectivity index (χ0) is 15.9. The van der Waals surface area contributed by atoms with Crippen molar-refractivity contribution in [3.63, 3.8) is 0 Å². The molecule has 0 aliphatic rings. The van der Waals surface area contributed by atoms with E-state index in [0.717, 1.165) is 5.75 Å². The molecule has 5 heteroatoms. The fraction of sp³-hybridized carbons (Fsp3) is 0.235. The molecule has 2 aromatic carbocycles. The Balaban J connectivity index is 1.81. The van der Waals surface area contributed by atoms with Crippen LogP contribution in [-0.2, 0) is 4.79 Å². The number of anilines is 2. The second kappa shape index (κ2) is 7.36. The van der Waals surface area contributed by atoms with Crippen LogP contribution in [-0.4, -0.2) is 19.6 Å². The van der Waals surface area contributed by atoms with Crippen molar-refractivity contribution in [2.24, 2.45) is 0 Å². The Morgan fingerprint density at radius 2 is 1.82 bits per heavy atom. The first kappa shape index (κ1) is 15.7. The lowest BCUT2D eigenvalue weighted by Crippen LogP contribution is -2.16. The van der Waals surface area contributed by atoms with Crippen molar-refractivity contribution in [3.8, 4) is 11.5 Å². The SMILES string of the molecule is COc1ccc(NC(=O)CCOc2ccc(C)cc2)c(N)c1. The van der Waals surface area contributed by atoms with Gasteiger partial charge in [0.1, 0.15) is 11.5 Å². The fourth-order valence-corrected chi connectivity index (χ4v) is 1.89. The average molecular weight is 300 g/mol. The summed E-state index contributed by atoms with van der Waals surface area (Å²) < 4.78 is 10.6. The van der Waals surface area contributed by atoms with Gasteiger partial charge in [-0.25, -0.2) is 0 Å². The predicted molar refractivity (Wildman–Crippen MR) is 87.3 cm³/mol. The van der Waals surface area contributed by atoms with E-state index in [1.165, 1.54) is 5.56 Å². The second-order valence-electron chi connectivity index (χ2n) is 4.91. The lowest BCUT2D eigenvalue weighted by molar-refractivity contribution is -0.116. The molecule has 0 aliphatic carbocycles. The molecule has 2 aromatic rings. The Morgan fingerprint density at radius 3 is 2.45 bits per heavy atom. The van der Waals surface area contributed by atoms with E-state index in [9.17, 15) is 4.79 Å². The maximum Gasteiger partial charge on any atom is 0.227 e. The zero-order valence-electron chi connectivity index (χ0n) is 12.8. The third-order valence-corrected chi connectivity index (χ3v) is 3.15. The molecule has 0 aromatic heterocycles. The minimum atomic E-state index is -0.149. The van der Waals surface area contributed by atoms with Crippen LogP contribution in [0.1, 0.15) is 12.0 Å². The lowest BCUT2D eigenvalue weighted by Gasteiger charge is -2.10. The molecule has 0 heterocycles. The van der Waals surface area contributed by atoms with E-state index in [-0.39, 0.29) is 12.3 Å². The van der Waals surface area contributed by atoms with Gasteiger partial charge in [-0.3, -0.25) is 4.79 Å². The molecule has 0 radical (unpaired) electrons. The van der Waals surface area contributed by atoms with Crippen molar-refractivity contribution in [2.45, 2.75) is 13.3 Å². The molecule has 2 rings (SSSR count). The van der Waals surface area contributed by atoms with Crippen molar-refractivity contribution in [3.05, 3.63) is 48.0 Å². The van der Waals surface area contributed by atoms with Crippen LogP contribution in [0.4, 0.5) is 11.4 Å². The standard InChI is InChI=1S/C17H20N2O3/c1-12-3-5-13(6-4-12)22-10-9-17(20)19-16-8-7-14(21-2)11-15(16)18/h3-8,11H,9-10,18H2,1-2H3,(H,19,20). The van der Waals surface area contributed by atoms with Gasteiger partial charge in [0.25, 0.3) is 0 Å². The number of benzene rings is 2. The Kier molecular flexibility index (Phi) is 5.25. The number of aryl methyl sites for hydroxylation is 1. The summed E-state index contributed by atoms with van der Waals surface area (Å²) in [4.78, 5) is 11.9. The van der Waals surface area contributed by atoms with Crippen LogP contribution in [0, 0.1) is 6.92 Å². The highest BCUT2D eigenvalue weighted by molar-refractivity contribution is 5.94. The lowest BCUT2D eigenvalue weighted by atomic mass is 10.2. The van der Waals surface area contributed by atoms with E-state index in [4.69, 9.17) is 15.2 Å². The molecule has 0 spiro atoms. The number of ether oxygens (including phenoxy) is 2. The van der Waals surface area contributed by atoms with Crippen molar-refractivity contribution < 1.29 is 14.3 Å². The number of carbonyl (C=O) groups is 1. The number of carbonyl (C=O) groups excluding carboxylic acids is 1. The molecule has 3 N–H and O–H groups in total. The fourth-order valence-electron chi connectivity index (χ4n) is 1.89. The first-order chi connectivity index (χ1) is 10.6. The van der Waals surface area contributed by atoms with Gasteiger partial charge in [0.15, 0.2) is 0 Å². The van der Waals surface area contributed by atoms with Crippen LogP contribution < -0.4 is 20.5 Å². The highest BCUT2D eigenvalue weighted by Gasteiger charge is 2.06. The molecule has 116 valence electrons. The second-order valence-corrected chi connectivity index (χ2v) is 4.91. The Hall–Kier alpha value is -2.69. The summed E-state index contributed by atoms with van der Waals surface area (Å²) in [5, 5.41) is 2.76. The van der Waals surface area contributed by atoms with E-state index in [2.05, 4.69) is 5.32 Å². The van der Waals surface area contributed by atoms with Crippen LogP contribution >= 0.6 is 0 Å². The van der Waals surface area contributed by atoms with Gasteiger partial charge in [-0.2, -0.15) is 0 Å². The average Bonchev–Trinajstić information content (AvgIpc) is 2.51. The van der Waals surface area contributed by atoms with E-state index >= 15 is 0 Å². The summed E-state index contributed by atoms with van der Waals surface area (Å²) in [5.41, 5.74) is 8.06. The summed E-state index contributed by atoms with van der Waals surface area (Å²) in [7, 11) is 1.56. The number of nitrogens with two attached hydrogens (primary N) is 1. The van der Waals surface area contributed by atoms with Gasteiger partial charge in [-0.05, 0) is 31.2 Å². The third kappa shape index (κ3) is 4.41. The van der Waals surface area contributed by atoms with Crippen LogP contribution in [0.5, 0.6) is 11.5 Å². The summed E-state index contributed by atoms with van der Waals surface area (Å²) in [5.74, 6) is 1.25. The number of hydrogen-bond donors (Lipinski definition) is 2. The van der Waals surface area contributed by atoms with Gasteiger partial charge in [0, 0.05) is 6.07 Å². The monoisotopic (exact) mass is 300 g/mol. The highest BCUT2D eigenvalue weighted by Crippen LogP contribution is 2.24. The van der Waals surface area contributed by atoms with Gasteiger partial charge in [0.2, 0.25) is 5.91 Å². The molecule has 0 unspecified atom stereocenters. The highest BCUT2D eigenvalue weighted by atomic mass is 16.5. The normalized spacial score (nSPS) is 10.1. The first-order valence-electron chi connectivity index (χ1n) is 7.01. The number of methoxy groups -OCH3 is 1. The third-order valence-electron chi connectivity index (χ3n) is 3.15. The van der Waals surface area contributed by atoms with Crippen LogP contribution in [0.3, 0.4) is 0 Å². The van der Waals surface area contributed by atoms with Gasteiger partial charge in [0.05, 0.1) is 31.5 Å². The Morgan fingerprint density at radius 1 is 1.14 bits per heavy atom. The number of rotatable bonds is 6. The summed E-state index contributed by atoms with van der Waals surface area (Å²) >= 11 is 0. The molecule has 0 fully saturated rings. The van der Waals surface area contributed by atoms with Crippen LogP contribution in [0.15, 0.2) is 42.5 Å². The molecule has 1 amide bonds. The minimum Gasteiger partial charge on any atom is -0.497 e. The minimum absolute atomic E-state index is 0.149. The molecule has 0 bridgehead atoms. The van der Waals surface area contributed by atoms with Crippen LogP contribution in [0.25, 0.3) is 0 Å². The summed E-state index contributed by atoms with van der Waals surface area (Å²) in [6.07, 6.45) is 0.249. The maximum atomic E-state index is 11.9. The predicted octanol–water partition coefficient (Wildman–Crippen LogP) is 2.99. The molecule has 5 nitrogen and oxygen atoms in total.